The third-order valence-electron chi connectivity index (χ3n) is 3.88. The van der Waals surface area contributed by atoms with Crippen molar-refractivity contribution in [3.63, 3.8) is 0 Å². The second-order valence-electron chi connectivity index (χ2n) is 5.24. The van der Waals surface area contributed by atoms with E-state index in [2.05, 4.69) is 15.9 Å². The van der Waals surface area contributed by atoms with Crippen molar-refractivity contribution in [2.24, 2.45) is 0 Å². The summed E-state index contributed by atoms with van der Waals surface area (Å²) in [5.41, 5.74) is 0. The summed E-state index contributed by atoms with van der Waals surface area (Å²) < 4.78 is 39.2. The lowest BCUT2D eigenvalue weighted by Gasteiger charge is -2.36. The fourth-order valence-electron chi connectivity index (χ4n) is 2.84. The van der Waals surface area contributed by atoms with Gasteiger partial charge in [0.2, 0.25) is 10.0 Å². The van der Waals surface area contributed by atoms with Crippen LogP contribution in [0.3, 0.4) is 0 Å². The molecule has 0 aromatic heterocycles. The van der Waals surface area contributed by atoms with E-state index in [0.717, 1.165) is 23.7 Å². The van der Waals surface area contributed by atoms with Crippen LogP contribution in [0.2, 0.25) is 0 Å². The molecule has 2 aliphatic heterocycles. The van der Waals surface area contributed by atoms with Crippen LogP contribution in [-0.2, 0) is 19.5 Å². The molecule has 1 aromatic carbocycles. The molecule has 2 fully saturated rings. The van der Waals surface area contributed by atoms with E-state index in [0.29, 0.717) is 24.7 Å². The van der Waals surface area contributed by atoms with E-state index >= 15 is 0 Å². The van der Waals surface area contributed by atoms with Crippen LogP contribution in [0.4, 0.5) is 0 Å². The lowest BCUT2D eigenvalue weighted by Crippen LogP contribution is -2.50. The van der Waals surface area contributed by atoms with Crippen LogP contribution in [-0.4, -0.2) is 44.8 Å². The van der Waals surface area contributed by atoms with E-state index in [1.54, 1.807) is 28.6 Å². The maximum absolute atomic E-state index is 12.9. The summed E-state index contributed by atoms with van der Waals surface area (Å²) in [5.74, 6) is 0. The van der Waals surface area contributed by atoms with Gasteiger partial charge in [0.25, 0.3) is 0 Å². The summed E-state index contributed by atoms with van der Waals surface area (Å²) in [5, 5.41) is 0. The number of benzene rings is 1. The molecule has 0 aliphatic carbocycles. The summed E-state index contributed by atoms with van der Waals surface area (Å²) in [6.45, 7) is 1.59. The first-order chi connectivity index (χ1) is 10.1. The number of piperidine rings is 1. The molecule has 7 heteroatoms. The number of hydrogen-bond donors (Lipinski definition) is 0. The molecule has 1 unspecified atom stereocenters. The highest BCUT2D eigenvalue weighted by Gasteiger charge is 2.40. The first-order valence-corrected chi connectivity index (χ1v) is 9.33. The van der Waals surface area contributed by atoms with Crippen LogP contribution >= 0.6 is 15.9 Å². The van der Waals surface area contributed by atoms with Crippen molar-refractivity contribution in [1.82, 2.24) is 4.31 Å². The Kier molecular flexibility index (Phi) is 4.66. The Labute approximate surface area is 133 Å². The molecule has 3 rings (SSSR count). The summed E-state index contributed by atoms with van der Waals surface area (Å²) in [6.07, 6.45) is 2.22. The first kappa shape index (κ1) is 15.4. The first-order valence-electron chi connectivity index (χ1n) is 7.10. The Morgan fingerprint density at radius 3 is 2.43 bits per heavy atom. The largest absolute Gasteiger partial charge is 0.349 e. The maximum atomic E-state index is 12.9. The normalized spacial score (nSPS) is 25.3. The molecule has 0 spiro atoms. The zero-order valence-corrected chi connectivity index (χ0v) is 14.0. The van der Waals surface area contributed by atoms with Crippen molar-refractivity contribution >= 4 is 26.0 Å². The number of halogens is 1. The van der Waals surface area contributed by atoms with Gasteiger partial charge in [-0.3, -0.25) is 0 Å². The zero-order valence-electron chi connectivity index (χ0n) is 11.6. The number of sulfonamides is 1. The smallest absolute Gasteiger partial charge is 0.243 e. The van der Waals surface area contributed by atoms with E-state index in [9.17, 15) is 8.42 Å². The molecule has 2 saturated heterocycles. The molecule has 0 bridgehead atoms. The molecule has 0 amide bonds. The van der Waals surface area contributed by atoms with Gasteiger partial charge in [-0.05, 0) is 37.1 Å². The van der Waals surface area contributed by atoms with E-state index in [1.165, 1.54) is 0 Å². The monoisotopic (exact) mass is 375 g/mol. The SMILES string of the molecule is O=S(=O)(c1ccc(Br)cc1)N1CCCCC1C1OCCO1. The molecule has 2 aliphatic rings. The molecule has 1 aromatic rings. The fourth-order valence-corrected chi connectivity index (χ4v) is 4.79. The summed E-state index contributed by atoms with van der Waals surface area (Å²) >= 11 is 3.33. The number of ether oxygens (including phenoxy) is 2. The minimum absolute atomic E-state index is 0.227. The van der Waals surface area contributed by atoms with Crippen molar-refractivity contribution in [3.8, 4) is 0 Å². The van der Waals surface area contributed by atoms with Gasteiger partial charge in [-0.15, -0.1) is 0 Å². The summed E-state index contributed by atoms with van der Waals surface area (Å²) in [6, 6.07) is 6.51. The number of rotatable bonds is 3. The van der Waals surface area contributed by atoms with E-state index < -0.39 is 16.3 Å². The third kappa shape index (κ3) is 3.17. The van der Waals surface area contributed by atoms with Gasteiger partial charge in [-0.25, -0.2) is 8.42 Å². The molecular weight excluding hydrogens is 358 g/mol. The molecule has 0 N–H and O–H groups in total. The number of nitrogens with zero attached hydrogens (tertiary/aromatic N) is 1. The van der Waals surface area contributed by atoms with Gasteiger partial charge < -0.3 is 9.47 Å². The van der Waals surface area contributed by atoms with Crippen molar-refractivity contribution in [2.45, 2.75) is 36.5 Å². The topological polar surface area (TPSA) is 55.8 Å². The van der Waals surface area contributed by atoms with Crippen LogP contribution in [0.5, 0.6) is 0 Å². The Bertz CT molecular complexity index is 583. The lowest BCUT2D eigenvalue weighted by molar-refractivity contribution is -0.0913. The predicted molar refractivity (Wildman–Crippen MR) is 81.4 cm³/mol. The van der Waals surface area contributed by atoms with Crippen molar-refractivity contribution < 1.29 is 17.9 Å². The molecule has 5 nitrogen and oxygen atoms in total. The summed E-state index contributed by atoms with van der Waals surface area (Å²) in [4.78, 5) is 0.315. The van der Waals surface area contributed by atoms with E-state index in [4.69, 9.17) is 9.47 Å². The molecule has 21 heavy (non-hydrogen) atoms. The second-order valence-corrected chi connectivity index (χ2v) is 8.05. The van der Waals surface area contributed by atoms with Crippen LogP contribution in [0.25, 0.3) is 0 Å². The molecule has 1 atom stereocenters. The highest BCUT2D eigenvalue weighted by molar-refractivity contribution is 9.10. The van der Waals surface area contributed by atoms with Gasteiger partial charge in [-0.2, -0.15) is 4.31 Å². The highest BCUT2D eigenvalue weighted by atomic mass is 79.9. The van der Waals surface area contributed by atoms with Gasteiger partial charge in [-0.1, -0.05) is 22.4 Å². The van der Waals surface area contributed by atoms with Gasteiger partial charge in [0.15, 0.2) is 6.29 Å². The van der Waals surface area contributed by atoms with Crippen LogP contribution in [0.1, 0.15) is 19.3 Å². The van der Waals surface area contributed by atoms with Gasteiger partial charge in [0.05, 0.1) is 24.2 Å². The average Bonchev–Trinajstić information content (AvgIpc) is 3.02. The van der Waals surface area contributed by atoms with Crippen LogP contribution in [0.15, 0.2) is 33.6 Å². The fraction of sp³-hybridized carbons (Fsp3) is 0.571. The number of hydrogen-bond acceptors (Lipinski definition) is 4. The molecule has 0 saturated carbocycles. The van der Waals surface area contributed by atoms with Gasteiger partial charge >= 0.3 is 0 Å². The van der Waals surface area contributed by atoms with Crippen LogP contribution < -0.4 is 0 Å². The molecule has 0 radical (unpaired) electrons. The third-order valence-corrected chi connectivity index (χ3v) is 6.35. The lowest BCUT2D eigenvalue weighted by atomic mass is 10.0. The Balaban J connectivity index is 1.89. The minimum atomic E-state index is -3.51. The molecular formula is C14H18BrNO4S. The average molecular weight is 376 g/mol. The molecule has 116 valence electrons. The standard InChI is InChI=1S/C14H18BrNO4S/c15-11-4-6-12(7-5-11)21(17,18)16-8-2-1-3-13(16)14-19-9-10-20-14/h4-7,13-14H,1-3,8-10H2. The minimum Gasteiger partial charge on any atom is -0.349 e. The Hall–Kier alpha value is -0.470. The second kappa shape index (κ2) is 6.34. The molecule has 2 heterocycles. The van der Waals surface area contributed by atoms with E-state index in [1.807, 2.05) is 0 Å². The zero-order chi connectivity index (χ0) is 14.9. The van der Waals surface area contributed by atoms with Gasteiger partial charge in [0.1, 0.15) is 0 Å². The van der Waals surface area contributed by atoms with Crippen molar-refractivity contribution in [2.75, 3.05) is 19.8 Å². The predicted octanol–water partition coefficient (Wildman–Crippen LogP) is 2.37. The van der Waals surface area contributed by atoms with E-state index in [-0.39, 0.29) is 6.04 Å². The van der Waals surface area contributed by atoms with Crippen LogP contribution in [0, 0.1) is 0 Å². The van der Waals surface area contributed by atoms with Gasteiger partial charge in [0, 0.05) is 11.0 Å². The highest BCUT2D eigenvalue weighted by Crippen LogP contribution is 2.30. The van der Waals surface area contributed by atoms with Crippen molar-refractivity contribution in [1.29, 1.82) is 0 Å². The Morgan fingerprint density at radius 1 is 1.10 bits per heavy atom. The summed E-state index contributed by atoms with van der Waals surface area (Å²) in [7, 11) is -3.51. The maximum Gasteiger partial charge on any atom is 0.243 e. The van der Waals surface area contributed by atoms with Crippen molar-refractivity contribution in [3.05, 3.63) is 28.7 Å². The quantitative estimate of drug-likeness (QED) is 0.813. The Morgan fingerprint density at radius 2 is 1.76 bits per heavy atom.